The van der Waals surface area contributed by atoms with Gasteiger partial charge in [-0.3, -0.25) is 9.59 Å². The molecule has 7 rings (SSSR count). The summed E-state index contributed by atoms with van der Waals surface area (Å²) in [4.78, 5) is 40.5. The molecule has 356 valence electrons. The van der Waals surface area contributed by atoms with E-state index in [1.807, 2.05) is 60.7 Å². The monoisotopic (exact) mass is 910 g/mol. The maximum Gasteiger partial charge on any atom is 0.335 e. The van der Waals surface area contributed by atoms with Gasteiger partial charge in [0.2, 0.25) is 5.91 Å². The molecule has 0 bridgehead atoms. The van der Waals surface area contributed by atoms with Gasteiger partial charge in [0.25, 0.3) is 0 Å². The fraction of sp³-hybridized carbons (Fsp3) is 0.630. The van der Waals surface area contributed by atoms with Crippen molar-refractivity contribution in [3.63, 3.8) is 0 Å². The van der Waals surface area contributed by atoms with Gasteiger partial charge in [0.05, 0.1) is 44.1 Å². The Kier molecular flexibility index (Phi) is 16.7. The van der Waals surface area contributed by atoms with Crippen molar-refractivity contribution in [1.29, 1.82) is 0 Å². The SMILES string of the molecule is COC(=O)C1CC(n2cc(-c3ccccc3)nn2)[C@@H](O[C@@H]2OC(C)[C@@H](O)[C@H](O)C2O)[C@H](O[C@@H]2O[C@@H](CO)[C@H](O)C(O[C@@H](CC3CCCCC3)C(=O)OCc3ccccc3)C2NC(C)=O)C1. The lowest BCUT2D eigenvalue weighted by Crippen LogP contribution is -2.67. The summed E-state index contributed by atoms with van der Waals surface area (Å²) in [6.07, 6.45) is -10.1. The first-order valence-corrected chi connectivity index (χ1v) is 22.5. The van der Waals surface area contributed by atoms with Crippen molar-refractivity contribution in [1.82, 2.24) is 20.3 Å². The van der Waals surface area contributed by atoms with Gasteiger partial charge in [0.15, 0.2) is 18.7 Å². The molecule has 65 heavy (non-hydrogen) atoms. The van der Waals surface area contributed by atoms with Crippen LogP contribution < -0.4 is 5.32 Å². The molecule has 0 radical (unpaired) electrons. The predicted molar refractivity (Wildman–Crippen MR) is 227 cm³/mol. The van der Waals surface area contributed by atoms with Crippen molar-refractivity contribution in [2.24, 2.45) is 11.8 Å². The number of aromatic nitrogens is 3. The summed E-state index contributed by atoms with van der Waals surface area (Å²) in [5.41, 5.74) is 2.00. The first-order chi connectivity index (χ1) is 31.3. The molecule has 0 spiro atoms. The highest BCUT2D eigenvalue weighted by molar-refractivity contribution is 5.75. The predicted octanol–water partition coefficient (Wildman–Crippen LogP) is 1.72. The lowest BCUT2D eigenvalue weighted by molar-refractivity contribution is -0.338. The van der Waals surface area contributed by atoms with E-state index < -0.39 is 116 Å². The molecular formula is C46H62N4O15. The number of aliphatic hydroxyl groups is 5. The van der Waals surface area contributed by atoms with E-state index in [9.17, 15) is 39.9 Å². The number of carbonyl (C=O) groups is 3. The summed E-state index contributed by atoms with van der Waals surface area (Å²) in [5.74, 6) is -2.56. The standard InChI is InChI=1S/C46H62N4O15/c1-25-37(53)39(55)40(56)46(61-25)65-41-32(50-22-31(48-49-50)29-17-11-6-12-18-29)20-30(43(57)59-3)21-33(41)63-45-36(47-26(2)52)42(38(54)35(23-51)64-45)62-34(19-27-13-7-4-8-14-27)44(58)60-24-28-15-9-5-10-16-28/h5-6,9-12,15-18,22,25,27,30,32-42,45-46,51,53-56H,4,7-8,13-14,19-21,23-24H2,1-3H3,(H,47,52)/t25?,30?,32?,33-,34+,35+,36?,37-,38+,39+,40?,41-,42?,45-,46+/m1/s1. The lowest BCUT2D eigenvalue weighted by atomic mass is 9.81. The average Bonchev–Trinajstić information content (AvgIpc) is 3.82. The van der Waals surface area contributed by atoms with Crippen LogP contribution >= 0.6 is 0 Å². The molecule has 2 aromatic carbocycles. The third-order valence-corrected chi connectivity index (χ3v) is 13.0. The fourth-order valence-electron chi connectivity index (χ4n) is 9.42. The second-order valence-electron chi connectivity index (χ2n) is 17.5. The molecule has 15 atom stereocenters. The minimum absolute atomic E-state index is 0.0287. The summed E-state index contributed by atoms with van der Waals surface area (Å²) in [6, 6.07) is 16.2. The highest BCUT2D eigenvalue weighted by Crippen LogP contribution is 2.41. The van der Waals surface area contributed by atoms with Crippen LogP contribution in [0.1, 0.15) is 76.8 Å². The van der Waals surface area contributed by atoms with Crippen LogP contribution in [0.5, 0.6) is 0 Å². The van der Waals surface area contributed by atoms with Gasteiger partial charge in [-0.2, -0.15) is 0 Å². The molecule has 2 saturated heterocycles. The molecule has 19 heteroatoms. The summed E-state index contributed by atoms with van der Waals surface area (Å²) in [7, 11) is 1.25. The molecule has 1 aromatic heterocycles. The number of aliphatic hydroxyl groups excluding tert-OH is 5. The van der Waals surface area contributed by atoms with Crippen molar-refractivity contribution in [3.05, 3.63) is 72.4 Å². The number of hydrogen-bond donors (Lipinski definition) is 6. The van der Waals surface area contributed by atoms with Gasteiger partial charge >= 0.3 is 11.9 Å². The summed E-state index contributed by atoms with van der Waals surface area (Å²) in [5, 5.41) is 66.5. The maximum absolute atomic E-state index is 14.0. The molecule has 19 nitrogen and oxygen atoms in total. The topological polar surface area (TPSA) is 260 Å². The normalized spacial score (nSPS) is 33.7. The van der Waals surface area contributed by atoms with Gasteiger partial charge in [-0.15, -0.1) is 5.10 Å². The zero-order chi connectivity index (χ0) is 46.2. The van der Waals surface area contributed by atoms with Crippen molar-refractivity contribution in [2.45, 2.75) is 158 Å². The van der Waals surface area contributed by atoms with E-state index >= 15 is 0 Å². The molecule has 4 aliphatic rings. The number of benzene rings is 2. The summed E-state index contributed by atoms with van der Waals surface area (Å²) >= 11 is 0. The summed E-state index contributed by atoms with van der Waals surface area (Å²) in [6.45, 7) is 2.00. The van der Waals surface area contributed by atoms with E-state index in [2.05, 4.69) is 15.6 Å². The van der Waals surface area contributed by atoms with Crippen LogP contribution in [0.4, 0.5) is 0 Å². The van der Waals surface area contributed by atoms with Gasteiger partial charge in [-0.05, 0) is 37.7 Å². The molecular weight excluding hydrogens is 849 g/mol. The lowest BCUT2D eigenvalue weighted by Gasteiger charge is -2.49. The zero-order valence-electron chi connectivity index (χ0n) is 36.8. The van der Waals surface area contributed by atoms with Gasteiger partial charge in [-0.1, -0.05) is 98.0 Å². The van der Waals surface area contributed by atoms with Gasteiger partial charge in [0, 0.05) is 12.5 Å². The number of hydrogen-bond acceptors (Lipinski definition) is 17. The van der Waals surface area contributed by atoms with E-state index in [0.717, 1.165) is 43.2 Å². The Morgan fingerprint density at radius 1 is 0.862 bits per heavy atom. The first-order valence-electron chi connectivity index (χ1n) is 22.5. The van der Waals surface area contributed by atoms with E-state index in [0.29, 0.717) is 5.69 Å². The molecule has 4 fully saturated rings. The second kappa shape index (κ2) is 22.4. The van der Waals surface area contributed by atoms with Crippen LogP contribution in [0.3, 0.4) is 0 Å². The van der Waals surface area contributed by atoms with Crippen molar-refractivity contribution in [2.75, 3.05) is 13.7 Å². The average molecular weight is 911 g/mol. The first kappa shape index (κ1) is 48.5. The zero-order valence-corrected chi connectivity index (χ0v) is 36.8. The minimum atomic E-state index is -1.73. The maximum atomic E-state index is 14.0. The highest BCUT2D eigenvalue weighted by Gasteiger charge is 2.54. The van der Waals surface area contributed by atoms with E-state index in [1.165, 1.54) is 25.6 Å². The van der Waals surface area contributed by atoms with Crippen LogP contribution in [0.25, 0.3) is 11.3 Å². The molecule has 3 aromatic rings. The Hall–Kier alpha value is -4.41. The van der Waals surface area contributed by atoms with Crippen LogP contribution in [-0.4, -0.2) is 152 Å². The summed E-state index contributed by atoms with van der Waals surface area (Å²) < 4.78 is 44.6. The van der Waals surface area contributed by atoms with Gasteiger partial charge in [-0.25, -0.2) is 9.48 Å². The third kappa shape index (κ3) is 11.8. The quantitative estimate of drug-likeness (QED) is 0.112. The van der Waals surface area contributed by atoms with E-state index in [1.54, 1.807) is 6.20 Å². The fourth-order valence-corrected chi connectivity index (χ4v) is 9.42. The number of nitrogens with zero attached hydrogens (tertiary/aromatic N) is 3. The Morgan fingerprint density at radius 3 is 2.25 bits per heavy atom. The number of esters is 2. The van der Waals surface area contributed by atoms with Crippen LogP contribution in [0, 0.1) is 11.8 Å². The molecule has 1 amide bonds. The van der Waals surface area contributed by atoms with Crippen LogP contribution in [0.15, 0.2) is 66.9 Å². The third-order valence-electron chi connectivity index (χ3n) is 13.0. The number of nitrogens with one attached hydrogen (secondary N) is 1. The number of carbonyl (C=O) groups excluding carboxylic acids is 3. The molecule has 2 aliphatic heterocycles. The van der Waals surface area contributed by atoms with E-state index in [-0.39, 0.29) is 31.8 Å². The minimum Gasteiger partial charge on any atom is -0.469 e. The van der Waals surface area contributed by atoms with Gasteiger partial charge < -0.3 is 64.0 Å². The highest BCUT2D eigenvalue weighted by atomic mass is 16.7. The second-order valence-corrected chi connectivity index (χ2v) is 17.5. The number of methoxy groups -OCH3 is 1. The van der Waals surface area contributed by atoms with Crippen LogP contribution in [0.2, 0.25) is 0 Å². The number of rotatable bonds is 16. The Bertz CT molecular complexity index is 1990. The number of ether oxygens (including phenoxy) is 7. The Balaban J connectivity index is 1.24. The molecule has 3 heterocycles. The largest absolute Gasteiger partial charge is 0.469 e. The smallest absolute Gasteiger partial charge is 0.335 e. The van der Waals surface area contributed by atoms with Crippen molar-refractivity contribution < 1.29 is 73.1 Å². The van der Waals surface area contributed by atoms with Crippen molar-refractivity contribution in [3.8, 4) is 11.3 Å². The Labute approximate surface area is 377 Å². The molecule has 6 N–H and O–H groups in total. The molecule has 2 aliphatic carbocycles. The van der Waals surface area contributed by atoms with Gasteiger partial charge in [0.1, 0.15) is 61.1 Å². The van der Waals surface area contributed by atoms with E-state index in [4.69, 9.17) is 33.2 Å². The van der Waals surface area contributed by atoms with Crippen molar-refractivity contribution >= 4 is 17.8 Å². The number of amides is 1. The Morgan fingerprint density at radius 2 is 1.57 bits per heavy atom. The molecule has 2 saturated carbocycles. The van der Waals surface area contributed by atoms with Crippen LogP contribution in [-0.2, 0) is 54.1 Å². The molecule has 6 unspecified atom stereocenters.